The number of rotatable bonds is 5. The summed E-state index contributed by atoms with van der Waals surface area (Å²) < 4.78 is 12.6. The lowest BCUT2D eigenvalue weighted by Gasteiger charge is -2.13. The van der Waals surface area contributed by atoms with Crippen LogP contribution in [0.25, 0.3) is 21.9 Å². The van der Waals surface area contributed by atoms with Gasteiger partial charge in [0.25, 0.3) is 0 Å². The third-order valence-corrected chi connectivity index (χ3v) is 5.22. The highest BCUT2D eigenvalue weighted by Gasteiger charge is 2.20. The van der Waals surface area contributed by atoms with Gasteiger partial charge >= 0.3 is 0 Å². The number of methoxy groups -OCH3 is 1. The lowest BCUT2D eigenvalue weighted by molar-refractivity contribution is -0.115. The maximum absolute atomic E-state index is 12.6. The Hall–Kier alpha value is -3.20. The molecular formula is C18H17N5O3S. The monoisotopic (exact) mass is 383 g/mol. The van der Waals surface area contributed by atoms with Crippen LogP contribution in [-0.4, -0.2) is 33.1 Å². The average molecular weight is 383 g/mol. The standard InChI is InChI=1S/C18H17N5O3S/c1-10(27-18-22-20-9-23(18)19)17(24)21-13-8-15-12(7-16(13)25-2)11-5-3-4-6-14(11)26-15/h3-10H,19H2,1-2H3,(H,21,24)/t10-/m1/s1. The molecule has 138 valence electrons. The molecule has 2 aromatic heterocycles. The van der Waals surface area contributed by atoms with Crippen molar-refractivity contribution in [3.8, 4) is 5.75 Å². The van der Waals surface area contributed by atoms with Gasteiger partial charge in [0.15, 0.2) is 0 Å². The third kappa shape index (κ3) is 3.17. The Morgan fingerprint density at radius 1 is 1.30 bits per heavy atom. The molecule has 0 saturated carbocycles. The molecule has 2 heterocycles. The van der Waals surface area contributed by atoms with Gasteiger partial charge in [-0.1, -0.05) is 30.0 Å². The predicted octanol–water partition coefficient (Wildman–Crippen LogP) is 3.02. The molecule has 8 nitrogen and oxygen atoms in total. The molecule has 2 aromatic carbocycles. The smallest absolute Gasteiger partial charge is 0.237 e. The number of aromatic nitrogens is 3. The molecule has 0 bridgehead atoms. The number of furan rings is 1. The summed E-state index contributed by atoms with van der Waals surface area (Å²) in [5.41, 5.74) is 1.99. The molecule has 9 heteroatoms. The van der Waals surface area contributed by atoms with Crippen LogP contribution in [0.3, 0.4) is 0 Å². The second kappa shape index (κ2) is 6.84. The van der Waals surface area contributed by atoms with Crippen LogP contribution in [0.15, 0.2) is 52.3 Å². The minimum absolute atomic E-state index is 0.211. The van der Waals surface area contributed by atoms with Crippen LogP contribution in [0, 0.1) is 0 Å². The number of hydrogen-bond acceptors (Lipinski definition) is 7. The Morgan fingerprint density at radius 3 is 2.85 bits per heavy atom. The average Bonchev–Trinajstić information content (AvgIpc) is 3.23. The predicted molar refractivity (Wildman–Crippen MR) is 104 cm³/mol. The van der Waals surface area contributed by atoms with Crippen LogP contribution in [0.2, 0.25) is 0 Å². The van der Waals surface area contributed by atoms with Gasteiger partial charge in [0.1, 0.15) is 23.2 Å². The first-order valence-electron chi connectivity index (χ1n) is 8.18. The lowest BCUT2D eigenvalue weighted by atomic mass is 10.1. The highest BCUT2D eigenvalue weighted by Crippen LogP contribution is 2.36. The first-order valence-corrected chi connectivity index (χ1v) is 9.06. The van der Waals surface area contributed by atoms with Crippen molar-refractivity contribution in [3.05, 3.63) is 42.7 Å². The maximum atomic E-state index is 12.6. The number of nitrogens with zero attached hydrogens (tertiary/aromatic N) is 3. The van der Waals surface area contributed by atoms with Gasteiger partial charge in [-0.2, -0.15) is 0 Å². The molecule has 4 aromatic rings. The van der Waals surface area contributed by atoms with Crippen LogP contribution in [0.5, 0.6) is 5.75 Å². The van der Waals surface area contributed by atoms with Crippen LogP contribution in [0.4, 0.5) is 5.69 Å². The molecule has 0 aliphatic carbocycles. The Labute approximate surface area is 158 Å². The van der Waals surface area contributed by atoms with Gasteiger partial charge in [0.2, 0.25) is 11.1 Å². The zero-order chi connectivity index (χ0) is 19.0. The van der Waals surface area contributed by atoms with Gasteiger partial charge in [0, 0.05) is 16.8 Å². The number of anilines is 1. The van der Waals surface area contributed by atoms with Gasteiger partial charge < -0.3 is 20.3 Å². The zero-order valence-corrected chi connectivity index (χ0v) is 15.5. The van der Waals surface area contributed by atoms with Gasteiger partial charge in [-0.05, 0) is 19.1 Å². The summed E-state index contributed by atoms with van der Waals surface area (Å²) in [6.07, 6.45) is 1.38. The summed E-state index contributed by atoms with van der Waals surface area (Å²) >= 11 is 1.21. The van der Waals surface area contributed by atoms with Gasteiger partial charge in [-0.3, -0.25) is 4.79 Å². The fourth-order valence-electron chi connectivity index (χ4n) is 2.78. The maximum Gasteiger partial charge on any atom is 0.237 e. The number of nitrogens with one attached hydrogen (secondary N) is 1. The van der Waals surface area contributed by atoms with Crippen LogP contribution in [-0.2, 0) is 4.79 Å². The molecule has 1 atom stereocenters. The van der Waals surface area contributed by atoms with E-state index in [1.54, 1.807) is 20.1 Å². The van der Waals surface area contributed by atoms with E-state index >= 15 is 0 Å². The van der Waals surface area contributed by atoms with E-state index in [0.29, 0.717) is 22.2 Å². The molecule has 4 rings (SSSR count). The van der Waals surface area contributed by atoms with Gasteiger partial charge in [-0.25, -0.2) is 4.68 Å². The largest absolute Gasteiger partial charge is 0.495 e. The minimum Gasteiger partial charge on any atom is -0.495 e. The second-order valence-corrected chi connectivity index (χ2v) is 7.22. The van der Waals surface area contributed by atoms with E-state index in [4.69, 9.17) is 15.0 Å². The Bertz CT molecular complexity index is 1140. The van der Waals surface area contributed by atoms with Crippen molar-refractivity contribution in [1.82, 2.24) is 14.9 Å². The summed E-state index contributed by atoms with van der Waals surface area (Å²) in [5, 5.41) is 12.4. The van der Waals surface area contributed by atoms with E-state index < -0.39 is 5.25 Å². The van der Waals surface area contributed by atoms with E-state index in [0.717, 1.165) is 16.4 Å². The van der Waals surface area contributed by atoms with Crippen molar-refractivity contribution >= 4 is 45.3 Å². The highest BCUT2D eigenvalue weighted by molar-refractivity contribution is 8.00. The second-order valence-electron chi connectivity index (χ2n) is 5.92. The molecule has 3 N–H and O–H groups in total. The number of carbonyl (C=O) groups excluding carboxylic acids is 1. The van der Waals surface area contributed by atoms with Crippen molar-refractivity contribution in [2.24, 2.45) is 0 Å². The van der Waals surface area contributed by atoms with Gasteiger partial charge in [-0.15, -0.1) is 10.2 Å². The molecule has 0 unspecified atom stereocenters. The van der Waals surface area contributed by atoms with Crippen molar-refractivity contribution in [3.63, 3.8) is 0 Å². The normalized spacial score (nSPS) is 12.4. The number of ether oxygens (including phenoxy) is 1. The van der Waals surface area contributed by atoms with E-state index in [2.05, 4.69) is 15.5 Å². The van der Waals surface area contributed by atoms with Crippen molar-refractivity contribution in [1.29, 1.82) is 0 Å². The Balaban J connectivity index is 1.63. The summed E-state index contributed by atoms with van der Waals surface area (Å²) in [7, 11) is 1.56. The Kier molecular flexibility index (Phi) is 4.36. The number of thioether (sulfide) groups is 1. The quantitative estimate of drug-likeness (QED) is 0.403. The SMILES string of the molecule is COc1cc2c(cc1NC(=O)[C@@H](C)Sc1nncn1N)oc1ccccc12. The molecule has 0 aliphatic rings. The third-order valence-electron chi connectivity index (χ3n) is 4.15. The fourth-order valence-corrected chi connectivity index (χ4v) is 3.53. The number of amides is 1. The summed E-state index contributed by atoms with van der Waals surface area (Å²) in [4.78, 5) is 12.6. The molecule has 0 saturated heterocycles. The summed E-state index contributed by atoms with van der Waals surface area (Å²) in [5.74, 6) is 6.04. The fraction of sp³-hybridized carbons (Fsp3) is 0.167. The number of benzene rings is 2. The first-order chi connectivity index (χ1) is 13.1. The van der Waals surface area contributed by atoms with Crippen LogP contribution < -0.4 is 15.9 Å². The molecule has 27 heavy (non-hydrogen) atoms. The van der Waals surface area contributed by atoms with Crippen LogP contribution >= 0.6 is 11.8 Å². The molecule has 0 spiro atoms. The van der Waals surface area contributed by atoms with Crippen LogP contribution in [0.1, 0.15) is 6.92 Å². The zero-order valence-electron chi connectivity index (χ0n) is 14.7. The summed E-state index contributed by atoms with van der Waals surface area (Å²) in [6.45, 7) is 1.76. The molecule has 0 aliphatic heterocycles. The topological polar surface area (TPSA) is 108 Å². The molecule has 1 amide bonds. The number of carbonyl (C=O) groups is 1. The molecular weight excluding hydrogens is 366 g/mol. The Morgan fingerprint density at radius 2 is 2.11 bits per heavy atom. The van der Waals surface area contributed by atoms with E-state index in [9.17, 15) is 4.79 Å². The first kappa shape index (κ1) is 17.2. The van der Waals surface area contributed by atoms with E-state index in [-0.39, 0.29) is 5.91 Å². The van der Waals surface area contributed by atoms with Crippen molar-refractivity contribution in [2.45, 2.75) is 17.3 Å². The van der Waals surface area contributed by atoms with Crippen molar-refractivity contribution in [2.75, 3.05) is 18.3 Å². The number of para-hydroxylation sites is 1. The van der Waals surface area contributed by atoms with E-state index in [1.165, 1.54) is 22.8 Å². The number of fused-ring (bicyclic) bond motifs is 3. The summed E-state index contributed by atoms with van der Waals surface area (Å²) in [6, 6.07) is 11.4. The number of hydrogen-bond donors (Lipinski definition) is 2. The van der Waals surface area contributed by atoms with E-state index in [1.807, 2.05) is 30.3 Å². The van der Waals surface area contributed by atoms with Gasteiger partial charge in [0.05, 0.1) is 18.0 Å². The minimum atomic E-state index is -0.437. The number of nitrogens with two attached hydrogens (primary N) is 1. The molecule has 0 fully saturated rings. The molecule has 0 radical (unpaired) electrons. The van der Waals surface area contributed by atoms with Crippen molar-refractivity contribution < 1.29 is 13.9 Å². The number of nitrogen functional groups attached to an aromatic ring is 1. The lowest BCUT2D eigenvalue weighted by Crippen LogP contribution is -2.23. The highest BCUT2D eigenvalue weighted by atomic mass is 32.2.